The van der Waals surface area contributed by atoms with E-state index in [0.29, 0.717) is 5.56 Å². The predicted molar refractivity (Wildman–Crippen MR) is 55.9 cm³/mol. The highest BCUT2D eigenvalue weighted by Gasteiger charge is 2.15. The average Bonchev–Trinajstić information content (AvgIpc) is 2.73. The topological polar surface area (TPSA) is 30.2 Å². The summed E-state index contributed by atoms with van der Waals surface area (Å²) in [6.07, 6.45) is 3.10. The van der Waals surface area contributed by atoms with Gasteiger partial charge in [0.25, 0.3) is 0 Å². The van der Waals surface area contributed by atoms with E-state index < -0.39 is 0 Å². The van der Waals surface area contributed by atoms with E-state index >= 15 is 0 Å². The minimum atomic E-state index is 0.0509. The summed E-state index contributed by atoms with van der Waals surface area (Å²) in [4.78, 5) is 12.0. The molecule has 2 nitrogen and oxygen atoms in total. The van der Waals surface area contributed by atoms with Crippen molar-refractivity contribution in [1.82, 2.24) is 0 Å². The highest BCUT2D eigenvalue weighted by molar-refractivity contribution is 7.08. The molecule has 0 amide bonds. The van der Waals surface area contributed by atoms with Crippen LogP contribution in [0.15, 0.2) is 27.7 Å². The fraction of sp³-hybridized carbons (Fsp3) is 0.182. The van der Waals surface area contributed by atoms with E-state index in [9.17, 15) is 4.79 Å². The number of hydrogen-bond acceptors (Lipinski definition) is 3. The number of ketones is 1. The van der Waals surface area contributed by atoms with Gasteiger partial charge in [-0.2, -0.15) is 11.3 Å². The van der Waals surface area contributed by atoms with Crippen LogP contribution in [-0.2, 0) is 0 Å². The van der Waals surface area contributed by atoms with E-state index in [2.05, 4.69) is 0 Å². The van der Waals surface area contributed by atoms with E-state index in [-0.39, 0.29) is 5.78 Å². The fourth-order valence-corrected chi connectivity index (χ4v) is 2.16. The van der Waals surface area contributed by atoms with Crippen molar-refractivity contribution in [2.75, 3.05) is 0 Å². The van der Waals surface area contributed by atoms with Crippen molar-refractivity contribution < 1.29 is 9.21 Å². The van der Waals surface area contributed by atoms with Crippen molar-refractivity contribution in [2.24, 2.45) is 0 Å². The molecular formula is C11H10O2S. The van der Waals surface area contributed by atoms with Crippen LogP contribution in [0.2, 0.25) is 0 Å². The van der Waals surface area contributed by atoms with Crippen LogP contribution in [0.5, 0.6) is 0 Å². The maximum atomic E-state index is 12.0. The van der Waals surface area contributed by atoms with Crippen LogP contribution in [0.3, 0.4) is 0 Å². The number of rotatable bonds is 2. The minimum Gasteiger partial charge on any atom is -0.472 e. The lowest BCUT2D eigenvalue weighted by Gasteiger charge is -1.97. The zero-order valence-electron chi connectivity index (χ0n) is 8.03. The van der Waals surface area contributed by atoms with E-state index in [1.54, 1.807) is 17.6 Å². The summed E-state index contributed by atoms with van der Waals surface area (Å²) < 4.78 is 4.99. The second-order valence-electron chi connectivity index (χ2n) is 3.27. The Morgan fingerprint density at radius 3 is 2.43 bits per heavy atom. The highest BCUT2D eigenvalue weighted by atomic mass is 32.1. The van der Waals surface area contributed by atoms with Gasteiger partial charge in [0.2, 0.25) is 0 Å². The van der Waals surface area contributed by atoms with Crippen LogP contribution in [0.1, 0.15) is 27.0 Å². The van der Waals surface area contributed by atoms with Crippen molar-refractivity contribution in [1.29, 1.82) is 0 Å². The molecule has 2 aromatic heterocycles. The smallest absolute Gasteiger partial charge is 0.197 e. The Balaban J connectivity index is 2.44. The standard InChI is InChI=1S/C11H10O2S/c1-7-3-13-4-9(7)11(12)10-6-14-5-8(10)2/h3-6H,1-2H3. The Morgan fingerprint density at radius 2 is 1.93 bits per heavy atom. The lowest BCUT2D eigenvalue weighted by atomic mass is 10.0. The minimum absolute atomic E-state index is 0.0509. The van der Waals surface area contributed by atoms with Crippen molar-refractivity contribution in [3.63, 3.8) is 0 Å². The second-order valence-corrected chi connectivity index (χ2v) is 4.01. The molecule has 0 bridgehead atoms. The number of thiophene rings is 1. The molecule has 2 aromatic rings. The maximum absolute atomic E-state index is 12.0. The molecule has 2 heterocycles. The molecule has 2 rings (SSSR count). The summed E-state index contributed by atoms with van der Waals surface area (Å²) in [5.74, 6) is 0.0509. The summed E-state index contributed by atoms with van der Waals surface area (Å²) >= 11 is 1.55. The van der Waals surface area contributed by atoms with Crippen LogP contribution in [-0.4, -0.2) is 5.78 Å². The van der Waals surface area contributed by atoms with Crippen molar-refractivity contribution >= 4 is 17.1 Å². The first-order chi connectivity index (χ1) is 6.70. The molecule has 0 aliphatic heterocycles. The molecule has 0 aliphatic rings. The Bertz CT molecular complexity index is 423. The zero-order valence-corrected chi connectivity index (χ0v) is 8.85. The van der Waals surface area contributed by atoms with Gasteiger partial charge in [0.15, 0.2) is 5.78 Å². The van der Waals surface area contributed by atoms with Gasteiger partial charge in [-0.1, -0.05) is 0 Å². The van der Waals surface area contributed by atoms with Crippen molar-refractivity contribution in [3.05, 3.63) is 45.5 Å². The van der Waals surface area contributed by atoms with Crippen LogP contribution in [0.4, 0.5) is 0 Å². The lowest BCUT2D eigenvalue weighted by Crippen LogP contribution is -2.01. The SMILES string of the molecule is Cc1cocc1C(=O)c1cscc1C. The molecule has 72 valence electrons. The normalized spacial score (nSPS) is 10.4. The molecule has 0 N–H and O–H groups in total. The Labute approximate surface area is 86.2 Å². The molecule has 0 spiro atoms. The van der Waals surface area contributed by atoms with E-state index in [1.165, 1.54) is 6.26 Å². The predicted octanol–water partition coefficient (Wildman–Crippen LogP) is 3.19. The molecule has 0 saturated heterocycles. The summed E-state index contributed by atoms with van der Waals surface area (Å²) in [6.45, 7) is 3.82. The fourth-order valence-electron chi connectivity index (χ4n) is 1.33. The molecule has 3 heteroatoms. The van der Waals surface area contributed by atoms with Crippen molar-refractivity contribution in [2.45, 2.75) is 13.8 Å². The largest absolute Gasteiger partial charge is 0.472 e. The van der Waals surface area contributed by atoms with Crippen LogP contribution in [0, 0.1) is 13.8 Å². The van der Waals surface area contributed by atoms with E-state index in [0.717, 1.165) is 16.7 Å². The summed E-state index contributed by atoms with van der Waals surface area (Å²) in [6, 6.07) is 0. The summed E-state index contributed by atoms with van der Waals surface area (Å²) in [7, 11) is 0. The Hall–Kier alpha value is -1.35. The number of furan rings is 1. The molecule has 0 atom stereocenters. The highest BCUT2D eigenvalue weighted by Crippen LogP contribution is 2.20. The second kappa shape index (κ2) is 3.42. The first-order valence-electron chi connectivity index (χ1n) is 4.30. The lowest BCUT2D eigenvalue weighted by molar-refractivity contribution is 0.103. The molecule has 0 aromatic carbocycles. The maximum Gasteiger partial charge on any atom is 0.197 e. The van der Waals surface area contributed by atoms with Gasteiger partial charge in [-0.05, 0) is 30.4 Å². The van der Waals surface area contributed by atoms with Gasteiger partial charge in [0, 0.05) is 10.9 Å². The van der Waals surface area contributed by atoms with Crippen LogP contribution in [0.25, 0.3) is 0 Å². The van der Waals surface area contributed by atoms with Gasteiger partial charge >= 0.3 is 0 Å². The molecule has 0 aliphatic carbocycles. The third kappa shape index (κ3) is 1.40. The first kappa shape index (κ1) is 9.21. The van der Waals surface area contributed by atoms with Gasteiger partial charge in [0.1, 0.15) is 6.26 Å². The van der Waals surface area contributed by atoms with E-state index in [4.69, 9.17) is 4.42 Å². The Morgan fingerprint density at radius 1 is 1.14 bits per heavy atom. The van der Waals surface area contributed by atoms with Gasteiger partial charge < -0.3 is 4.42 Å². The van der Waals surface area contributed by atoms with Crippen LogP contribution >= 0.6 is 11.3 Å². The van der Waals surface area contributed by atoms with Gasteiger partial charge in [-0.3, -0.25) is 4.79 Å². The molecule has 0 unspecified atom stereocenters. The quantitative estimate of drug-likeness (QED) is 0.706. The van der Waals surface area contributed by atoms with E-state index in [1.807, 2.05) is 24.6 Å². The molecule has 0 radical (unpaired) electrons. The Kier molecular flexibility index (Phi) is 2.25. The average molecular weight is 206 g/mol. The number of aryl methyl sites for hydroxylation is 2. The number of carbonyl (C=O) groups is 1. The third-order valence-corrected chi connectivity index (χ3v) is 3.06. The summed E-state index contributed by atoms with van der Waals surface area (Å²) in [5.41, 5.74) is 3.35. The monoisotopic (exact) mass is 206 g/mol. The van der Waals surface area contributed by atoms with Gasteiger partial charge in [0.05, 0.1) is 11.8 Å². The number of hydrogen-bond donors (Lipinski definition) is 0. The third-order valence-electron chi connectivity index (χ3n) is 2.20. The van der Waals surface area contributed by atoms with Gasteiger partial charge in [-0.15, -0.1) is 0 Å². The zero-order chi connectivity index (χ0) is 10.1. The number of carbonyl (C=O) groups excluding carboxylic acids is 1. The first-order valence-corrected chi connectivity index (χ1v) is 5.24. The molecular weight excluding hydrogens is 196 g/mol. The van der Waals surface area contributed by atoms with Gasteiger partial charge in [-0.25, -0.2) is 0 Å². The molecule has 14 heavy (non-hydrogen) atoms. The van der Waals surface area contributed by atoms with Crippen molar-refractivity contribution in [3.8, 4) is 0 Å². The molecule has 0 fully saturated rings. The summed E-state index contributed by atoms with van der Waals surface area (Å²) in [5, 5.41) is 3.85. The molecule has 0 saturated carbocycles. The van der Waals surface area contributed by atoms with Crippen LogP contribution < -0.4 is 0 Å².